The van der Waals surface area contributed by atoms with Crippen molar-refractivity contribution in [2.24, 2.45) is 0 Å². The monoisotopic (exact) mass is 335 g/mol. The van der Waals surface area contributed by atoms with E-state index in [1.54, 1.807) is 6.07 Å². The van der Waals surface area contributed by atoms with Crippen molar-refractivity contribution in [1.82, 2.24) is 0 Å². The molecule has 0 radical (unpaired) electrons. The molecular weight excluding hydrogens is 318 g/mol. The molecule has 1 unspecified atom stereocenters. The van der Waals surface area contributed by atoms with Crippen molar-refractivity contribution in [2.45, 2.75) is 26.0 Å². The number of nitrogens with one attached hydrogen (secondary N) is 1. The zero-order chi connectivity index (χ0) is 14.5. The third-order valence-corrected chi connectivity index (χ3v) is 3.74. The first-order valence-corrected chi connectivity index (χ1v) is 7.38. The molecule has 0 aliphatic heterocycles. The molecule has 0 fully saturated rings. The number of anilines is 1. The van der Waals surface area contributed by atoms with Gasteiger partial charge in [0.25, 0.3) is 0 Å². The van der Waals surface area contributed by atoms with E-state index in [1.807, 2.05) is 36.4 Å². The van der Waals surface area contributed by atoms with E-state index in [-0.39, 0.29) is 12.6 Å². The lowest BCUT2D eigenvalue weighted by Gasteiger charge is -2.20. The maximum absolute atomic E-state index is 10.0. The van der Waals surface area contributed by atoms with Crippen LogP contribution in [0.25, 0.3) is 0 Å². The van der Waals surface area contributed by atoms with Gasteiger partial charge in [0.05, 0.1) is 12.6 Å². The van der Waals surface area contributed by atoms with E-state index < -0.39 is 0 Å². The number of aromatic hydroxyl groups is 1. The Morgan fingerprint density at radius 2 is 1.85 bits per heavy atom. The highest BCUT2D eigenvalue weighted by atomic mass is 79.9. The standard InChI is InChI=1S/C16H18BrNO2/c1-2-15(14-9-12(17)5-8-16(14)20)18-13-6-3-11(10-19)4-7-13/h3-9,15,18-20H,2,10H2,1H3. The fourth-order valence-electron chi connectivity index (χ4n) is 2.11. The Labute approximate surface area is 127 Å². The molecule has 0 heterocycles. The van der Waals surface area contributed by atoms with Crippen LogP contribution < -0.4 is 5.32 Å². The smallest absolute Gasteiger partial charge is 0.120 e. The van der Waals surface area contributed by atoms with Gasteiger partial charge < -0.3 is 15.5 Å². The Balaban J connectivity index is 2.21. The summed E-state index contributed by atoms with van der Waals surface area (Å²) in [6, 6.07) is 13.1. The van der Waals surface area contributed by atoms with Crippen LogP contribution in [0.1, 0.15) is 30.5 Å². The molecule has 2 rings (SSSR count). The normalized spacial score (nSPS) is 12.2. The minimum Gasteiger partial charge on any atom is -0.508 e. The maximum atomic E-state index is 10.0. The van der Waals surface area contributed by atoms with Crippen LogP contribution in [0.5, 0.6) is 5.75 Å². The maximum Gasteiger partial charge on any atom is 0.120 e. The molecule has 0 amide bonds. The fourth-order valence-corrected chi connectivity index (χ4v) is 2.49. The number of hydrogen-bond acceptors (Lipinski definition) is 3. The van der Waals surface area contributed by atoms with E-state index in [9.17, 15) is 5.11 Å². The second-order valence-electron chi connectivity index (χ2n) is 4.66. The highest BCUT2D eigenvalue weighted by molar-refractivity contribution is 9.10. The zero-order valence-electron chi connectivity index (χ0n) is 11.3. The predicted molar refractivity (Wildman–Crippen MR) is 84.8 cm³/mol. The van der Waals surface area contributed by atoms with Crippen molar-refractivity contribution < 1.29 is 10.2 Å². The fraction of sp³-hybridized carbons (Fsp3) is 0.250. The zero-order valence-corrected chi connectivity index (χ0v) is 12.9. The van der Waals surface area contributed by atoms with Crippen LogP contribution >= 0.6 is 15.9 Å². The van der Waals surface area contributed by atoms with Crippen LogP contribution in [0.15, 0.2) is 46.9 Å². The molecule has 0 bridgehead atoms. The molecule has 2 aromatic rings. The topological polar surface area (TPSA) is 52.5 Å². The number of hydrogen-bond donors (Lipinski definition) is 3. The Morgan fingerprint density at radius 3 is 2.45 bits per heavy atom. The predicted octanol–water partition coefficient (Wildman–Crippen LogP) is 4.21. The van der Waals surface area contributed by atoms with Crippen LogP contribution in [0.3, 0.4) is 0 Å². The molecule has 0 aliphatic rings. The molecule has 0 aromatic heterocycles. The Kier molecular flexibility index (Phi) is 5.04. The first-order chi connectivity index (χ1) is 9.63. The van der Waals surface area contributed by atoms with Crippen LogP contribution in [0.2, 0.25) is 0 Å². The van der Waals surface area contributed by atoms with Gasteiger partial charge in [-0.3, -0.25) is 0 Å². The molecule has 0 spiro atoms. The molecule has 0 saturated carbocycles. The molecule has 4 heteroatoms. The summed E-state index contributed by atoms with van der Waals surface area (Å²) in [5.41, 5.74) is 2.72. The van der Waals surface area contributed by atoms with Crippen molar-refractivity contribution in [3.63, 3.8) is 0 Å². The Morgan fingerprint density at radius 1 is 1.15 bits per heavy atom. The lowest BCUT2D eigenvalue weighted by Crippen LogP contribution is -2.10. The lowest BCUT2D eigenvalue weighted by molar-refractivity contribution is 0.282. The van der Waals surface area contributed by atoms with Gasteiger partial charge in [0.2, 0.25) is 0 Å². The van der Waals surface area contributed by atoms with Crippen molar-refractivity contribution >= 4 is 21.6 Å². The number of phenols is 1. The molecule has 3 nitrogen and oxygen atoms in total. The van der Waals surface area contributed by atoms with Crippen molar-refractivity contribution in [3.05, 3.63) is 58.1 Å². The number of benzene rings is 2. The first kappa shape index (κ1) is 14.9. The second-order valence-corrected chi connectivity index (χ2v) is 5.58. The van der Waals surface area contributed by atoms with Gasteiger partial charge in [0.15, 0.2) is 0 Å². The molecule has 1 atom stereocenters. The third-order valence-electron chi connectivity index (χ3n) is 3.25. The number of phenolic OH excluding ortho intramolecular Hbond substituents is 1. The van der Waals surface area contributed by atoms with Gasteiger partial charge in [-0.25, -0.2) is 0 Å². The van der Waals surface area contributed by atoms with E-state index in [4.69, 9.17) is 5.11 Å². The number of halogens is 1. The summed E-state index contributed by atoms with van der Waals surface area (Å²) < 4.78 is 0.946. The van der Waals surface area contributed by atoms with Gasteiger partial charge in [0, 0.05) is 15.7 Å². The first-order valence-electron chi connectivity index (χ1n) is 6.58. The van der Waals surface area contributed by atoms with E-state index in [0.717, 1.165) is 27.7 Å². The molecule has 3 N–H and O–H groups in total. The minimum atomic E-state index is 0.0347. The summed E-state index contributed by atoms with van der Waals surface area (Å²) in [4.78, 5) is 0. The average molecular weight is 336 g/mol. The summed E-state index contributed by atoms with van der Waals surface area (Å²) in [6.07, 6.45) is 0.853. The van der Waals surface area contributed by atoms with Crippen LogP contribution in [-0.2, 0) is 6.61 Å². The SMILES string of the molecule is CCC(Nc1ccc(CO)cc1)c1cc(Br)ccc1O. The minimum absolute atomic E-state index is 0.0347. The van der Waals surface area contributed by atoms with Crippen LogP contribution in [0.4, 0.5) is 5.69 Å². The molecule has 20 heavy (non-hydrogen) atoms. The summed E-state index contributed by atoms with van der Waals surface area (Å²) in [5, 5.41) is 22.4. The van der Waals surface area contributed by atoms with Gasteiger partial charge in [-0.15, -0.1) is 0 Å². The van der Waals surface area contributed by atoms with Crippen molar-refractivity contribution in [1.29, 1.82) is 0 Å². The Bertz CT molecular complexity index is 569. The number of rotatable bonds is 5. The van der Waals surface area contributed by atoms with E-state index >= 15 is 0 Å². The summed E-state index contributed by atoms with van der Waals surface area (Å²) in [7, 11) is 0. The van der Waals surface area contributed by atoms with E-state index in [0.29, 0.717) is 5.75 Å². The quantitative estimate of drug-likeness (QED) is 0.767. The van der Waals surface area contributed by atoms with Crippen molar-refractivity contribution in [3.8, 4) is 5.75 Å². The summed E-state index contributed by atoms with van der Waals surface area (Å²) in [6.45, 7) is 2.12. The van der Waals surface area contributed by atoms with Gasteiger partial charge in [-0.2, -0.15) is 0 Å². The molecule has 0 saturated heterocycles. The molecule has 2 aromatic carbocycles. The molecule has 106 valence electrons. The summed E-state index contributed by atoms with van der Waals surface area (Å²) >= 11 is 3.43. The second kappa shape index (κ2) is 6.77. The van der Waals surface area contributed by atoms with E-state index in [1.165, 1.54) is 0 Å². The van der Waals surface area contributed by atoms with E-state index in [2.05, 4.69) is 28.2 Å². The molecular formula is C16H18BrNO2. The average Bonchev–Trinajstić information content (AvgIpc) is 2.48. The largest absolute Gasteiger partial charge is 0.508 e. The van der Waals surface area contributed by atoms with Gasteiger partial charge in [0.1, 0.15) is 5.75 Å². The Hall–Kier alpha value is -1.52. The number of aliphatic hydroxyl groups excluding tert-OH is 1. The van der Waals surface area contributed by atoms with Crippen molar-refractivity contribution in [2.75, 3.05) is 5.32 Å². The van der Waals surface area contributed by atoms with Crippen LogP contribution in [-0.4, -0.2) is 10.2 Å². The van der Waals surface area contributed by atoms with Crippen LogP contribution in [0, 0.1) is 0 Å². The van der Waals surface area contributed by atoms with Gasteiger partial charge >= 0.3 is 0 Å². The van der Waals surface area contributed by atoms with Gasteiger partial charge in [-0.1, -0.05) is 35.0 Å². The van der Waals surface area contributed by atoms with Gasteiger partial charge in [-0.05, 0) is 42.3 Å². The third kappa shape index (κ3) is 3.52. The highest BCUT2D eigenvalue weighted by Crippen LogP contribution is 2.31. The highest BCUT2D eigenvalue weighted by Gasteiger charge is 2.14. The number of aliphatic hydroxyl groups is 1. The molecule has 0 aliphatic carbocycles. The lowest BCUT2D eigenvalue weighted by atomic mass is 10.0. The summed E-state index contributed by atoms with van der Waals surface area (Å²) in [5.74, 6) is 0.291.